The lowest BCUT2D eigenvalue weighted by Crippen LogP contribution is -2.14. The Bertz CT molecular complexity index is 924. The molecule has 0 aliphatic carbocycles. The average molecular weight is 389 g/mol. The van der Waals surface area contributed by atoms with Crippen LogP contribution in [0.3, 0.4) is 0 Å². The summed E-state index contributed by atoms with van der Waals surface area (Å²) >= 11 is 2.92. The first-order valence-electron chi connectivity index (χ1n) is 7.60. The minimum atomic E-state index is -0.501. The minimum Gasteiger partial charge on any atom is -0.325 e. The van der Waals surface area contributed by atoms with Crippen molar-refractivity contribution in [3.8, 4) is 0 Å². The smallest absolute Gasteiger partial charge is 0.271 e. The number of hydrogen-bond acceptors (Lipinski definition) is 7. The lowest BCUT2D eigenvalue weighted by molar-refractivity contribution is -0.384. The van der Waals surface area contributed by atoms with Gasteiger partial charge in [-0.1, -0.05) is 23.9 Å². The topological polar surface area (TPSA) is 103 Å². The lowest BCUT2D eigenvalue weighted by Gasteiger charge is -2.05. The van der Waals surface area contributed by atoms with Crippen molar-refractivity contribution < 1.29 is 9.72 Å². The molecule has 2 aromatic heterocycles. The highest BCUT2D eigenvalue weighted by atomic mass is 32.2. The molecule has 0 aliphatic rings. The molecule has 8 nitrogen and oxygen atoms in total. The summed E-state index contributed by atoms with van der Waals surface area (Å²) in [7, 11) is 1.86. The fourth-order valence-electron chi connectivity index (χ4n) is 2.22. The minimum absolute atomic E-state index is 0.0676. The zero-order chi connectivity index (χ0) is 18.5. The summed E-state index contributed by atoms with van der Waals surface area (Å²) < 4.78 is 1.87. The lowest BCUT2D eigenvalue weighted by atomic mass is 10.3. The molecule has 1 N–H and O–H groups in total. The summed E-state index contributed by atoms with van der Waals surface area (Å²) in [4.78, 5) is 23.6. The molecule has 134 valence electrons. The van der Waals surface area contributed by atoms with Crippen molar-refractivity contribution in [1.29, 1.82) is 0 Å². The van der Waals surface area contributed by atoms with Gasteiger partial charge < -0.3 is 9.88 Å². The van der Waals surface area contributed by atoms with Crippen molar-refractivity contribution in [2.75, 3.05) is 11.1 Å². The van der Waals surface area contributed by atoms with E-state index in [9.17, 15) is 14.9 Å². The van der Waals surface area contributed by atoms with Gasteiger partial charge >= 0.3 is 0 Å². The Labute approximate surface area is 157 Å². The maximum atomic E-state index is 12.1. The van der Waals surface area contributed by atoms with E-state index >= 15 is 0 Å². The van der Waals surface area contributed by atoms with Gasteiger partial charge in [0.05, 0.1) is 10.7 Å². The predicted octanol–water partition coefficient (Wildman–Crippen LogP) is 3.11. The van der Waals surface area contributed by atoms with Crippen molar-refractivity contribution in [2.45, 2.75) is 11.6 Å². The molecule has 0 spiro atoms. The van der Waals surface area contributed by atoms with Crippen molar-refractivity contribution in [1.82, 2.24) is 14.8 Å². The number of nitrogens with zero attached hydrogens (tertiary/aromatic N) is 4. The normalized spacial score (nSPS) is 10.7. The third-order valence-corrected chi connectivity index (χ3v) is 5.41. The molecule has 0 unspecified atom stereocenters. The molecule has 0 fully saturated rings. The number of thioether (sulfide) groups is 1. The SMILES string of the molecule is Cn1c(Cc2cccs2)nnc1SCC(=O)Nc1cccc([N+](=O)[O-])c1. The van der Waals surface area contributed by atoms with E-state index in [4.69, 9.17) is 0 Å². The Hall–Kier alpha value is -2.72. The summed E-state index contributed by atoms with van der Waals surface area (Å²) in [5, 5.41) is 24.4. The van der Waals surface area contributed by atoms with Gasteiger partial charge in [-0.05, 0) is 17.5 Å². The molecule has 26 heavy (non-hydrogen) atoms. The largest absolute Gasteiger partial charge is 0.325 e. The number of aromatic nitrogens is 3. The van der Waals surface area contributed by atoms with Crippen LogP contribution in [0.15, 0.2) is 46.9 Å². The quantitative estimate of drug-likeness (QED) is 0.378. The summed E-state index contributed by atoms with van der Waals surface area (Å²) in [6.07, 6.45) is 0.696. The van der Waals surface area contributed by atoms with E-state index in [1.807, 2.05) is 29.1 Å². The van der Waals surface area contributed by atoms with E-state index in [1.54, 1.807) is 17.4 Å². The van der Waals surface area contributed by atoms with Crippen LogP contribution in [-0.4, -0.2) is 31.3 Å². The molecular weight excluding hydrogens is 374 g/mol. The monoisotopic (exact) mass is 389 g/mol. The highest BCUT2D eigenvalue weighted by molar-refractivity contribution is 7.99. The molecule has 0 saturated heterocycles. The van der Waals surface area contributed by atoms with E-state index in [-0.39, 0.29) is 17.3 Å². The fourth-order valence-corrected chi connectivity index (χ4v) is 3.65. The standard InChI is InChI=1S/C16H15N5O3S2/c1-20-14(9-13-6-3-7-25-13)18-19-16(20)26-10-15(22)17-11-4-2-5-12(8-11)21(23)24/h2-8H,9-10H2,1H3,(H,17,22). The van der Waals surface area contributed by atoms with Gasteiger partial charge in [0.2, 0.25) is 5.91 Å². The van der Waals surface area contributed by atoms with E-state index in [1.165, 1.54) is 34.8 Å². The number of thiophene rings is 1. The molecule has 3 rings (SSSR count). The Morgan fingerprint density at radius 2 is 2.19 bits per heavy atom. The van der Waals surface area contributed by atoms with Gasteiger partial charge in [-0.3, -0.25) is 14.9 Å². The third-order valence-electron chi connectivity index (χ3n) is 3.51. The zero-order valence-corrected chi connectivity index (χ0v) is 15.4. The van der Waals surface area contributed by atoms with E-state index in [0.717, 1.165) is 5.82 Å². The molecule has 1 aromatic carbocycles. The second kappa shape index (κ2) is 8.11. The summed E-state index contributed by atoms with van der Waals surface area (Å²) in [6.45, 7) is 0. The van der Waals surface area contributed by atoms with Gasteiger partial charge in [-0.25, -0.2) is 0 Å². The Morgan fingerprint density at radius 1 is 1.35 bits per heavy atom. The second-order valence-corrected chi connectivity index (χ2v) is 7.33. The third kappa shape index (κ3) is 4.46. The number of hydrogen-bond donors (Lipinski definition) is 1. The fraction of sp³-hybridized carbons (Fsp3) is 0.188. The summed E-state index contributed by atoms with van der Waals surface area (Å²) in [6, 6.07) is 9.86. The van der Waals surface area contributed by atoms with Crippen molar-refractivity contribution >= 4 is 40.4 Å². The van der Waals surface area contributed by atoms with E-state index in [0.29, 0.717) is 17.3 Å². The van der Waals surface area contributed by atoms with Crippen LogP contribution < -0.4 is 5.32 Å². The Balaban J connectivity index is 1.57. The first-order chi connectivity index (χ1) is 12.5. The van der Waals surface area contributed by atoms with Crippen LogP contribution in [0.25, 0.3) is 0 Å². The maximum absolute atomic E-state index is 12.1. The molecule has 0 bridgehead atoms. The first-order valence-corrected chi connectivity index (χ1v) is 9.47. The molecule has 2 heterocycles. The first kappa shape index (κ1) is 18.1. The number of amides is 1. The number of nitro benzene ring substituents is 1. The molecule has 0 atom stereocenters. The number of rotatable bonds is 7. The molecule has 10 heteroatoms. The number of non-ortho nitro benzene ring substituents is 1. The number of anilines is 1. The summed E-state index contributed by atoms with van der Waals surface area (Å²) in [5.74, 6) is 0.695. The van der Waals surface area contributed by atoms with Crippen molar-refractivity contribution in [3.63, 3.8) is 0 Å². The van der Waals surface area contributed by atoms with Gasteiger partial charge in [0, 0.05) is 36.2 Å². The van der Waals surface area contributed by atoms with Crippen molar-refractivity contribution in [2.24, 2.45) is 7.05 Å². The van der Waals surface area contributed by atoms with Gasteiger partial charge in [0.1, 0.15) is 5.82 Å². The maximum Gasteiger partial charge on any atom is 0.271 e. The number of benzene rings is 1. The van der Waals surface area contributed by atoms with Crippen LogP contribution in [0, 0.1) is 10.1 Å². The van der Waals surface area contributed by atoms with Crippen LogP contribution in [-0.2, 0) is 18.3 Å². The Morgan fingerprint density at radius 3 is 2.92 bits per heavy atom. The molecule has 3 aromatic rings. The molecule has 0 radical (unpaired) electrons. The highest BCUT2D eigenvalue weighted by Gasteiger charge is 2.13. The predicted molar refractivity (Wildman–Crippen MR) is 101 cm³/mol. The summed E-state index contributed by atoms with van der Waals surface area (Å²) in [5.41, 5.74) is 0.322. The van der Waals surface area contributed by atoms with Crippen LogP contribution in [0.4, 0.5) is 11.4 Å². The van der Waals surface area contributed by atoms with Crippen LogP contribution in [0.5, 0.6) is 0 Å². The molecular formula is C16H15N5O3S2. The van der Waals surface area contributed by atoms with Crippen LogP contribution in [0.1, 0.15) is 10.7 Å². The van der Waals surface area contributed by atoms with Crippen LogP contribution >= 0.6 is 23.1 Å². The van der Waals surface area contributed by atoms with Gasteiger partial charge in [-0.15, -0.1) is 21.5 Å². The number of carbonyl (C=O) groups is 1. The molecule has 1 amide bonds. The number of nitro groups is 1. The van der Waals surface area contributed by atoms with Gasteiger partial charge in [0.25, 0.3) is 5.69 Å². The Kier molecular flexibility index (Phi) is 5.64. The second-order valence-electron chi connectivity index (χ2n) is 5.36. The number of carbonyl (C=O) groups excluding carboxylic acids is 1. The van der Waals surface area contributed by atoms with Crippen LogP contribution in [0.2, 0.25) is 0 Å². The van der Waals surface area contributed by atoms with E-state index in [2.05, 4.69) is 15.5 Å². The zero-order valence-electron chi connectivity index (χ0n) is 13.8. The number of nitrogens with one attached hydrogen (secondary N) is 1. The average Bonchev–Trinajstić information content (AvgIpc) is 3.25. The van der Waals surface area contributed by atoms with Gasteiger partial charge in [-0.2, -0.15) is 0 Å². The van der Waals surface area contributed by atoms with Gasteiger partial charge in [0.15, 0.2) is 5.16 Å². The highest BCUT2D eigenvalue weighted by Crippen LogP contribution is 2.20. The van der Waals surface area contributed by atoms with E-state index < -0.39 is 4.92 Å². The molecule has 0 aliphatic heterocycles. The molecule has 0 saturated carbocycles. The van der Waals surface area contributed by atoms with Crippen molar-refractivity contribution in [3.05, 3.63) is 62.6 Å².